The average Bonchev–Trinajstić information content (AvgIpc) is 3.31. The molecule has 180 valence electrons. The van der Waals surface area contributed by atoms with Gasteiger partial charge in [0, 0.05) is 6.54 Å². The van der Waals surface area contributed by atoms with Gasteiger partial charge in [-0.25, -0.2) is 4.68 Å². The summed E-state index contributed by atoms with van der Waals surface area (Å²) in [6.07, 6.45) is 11.2. The second-order valence-electron chi connectivity index (χ2n) is 8.14. The summed E-state index contributed by atoms with van der Waals surface area (Å²) in [6, 6.07) is 17.9. The third-order valence-corrected chi connectivity index (χ3v) is 5.47. The van der Waals surface area contributed by atoms with Crippen molar-refractivity contribution in [2.45, 2.75) is 58.6 Å². The standard InChI is InChI=1S/C26H34N6OS/c1-2-3-4-5-6-10-17-27-26(34)30-28-18-22-13-15-25(16-14-22)33-21-24-20-32(31-29-24)19-23-11-8-7-9-12-23/h7-9,11-16,18,20H,2-6,10,17,19,21H2,1H3,(H2,27,30,34)/b28-18-. The number of thiocarbonyl (C=S) groups is 1. The fourth-order valence-corrected chi connectivity index (χ4v) is 3.53. The van der Waals surface area contributed by atoms with Crippen LogP contribution in [0.25, 0.3) is 0 Å². The Morgan fingerprint density at radius 2 is 1.79 bits per heavy atom. The highest BCUT2D eigenvalue weighted by Crippen LogP contribution is 2.13. The van der Waals surface area contributed by atoms with Gasteiger partial charge in [-0.3, -0.25) is 5.43 Å². The molecular formula is C26H34N6OS. The monoisotopic (exact) mass is 478 g/mol. The van der Waals surface area contributed by atoms with Gasteiger partial charge < -0.3 is 10.1 Å². The molecule has 0 atom stereocenters. The number of nitrogens with zero attached hydrogens (tertiary/aromatic N) is 4. The van der Waals surface area contributed by atoms with E-state index in [4.69, 9.17) is 17.0 Å². The van der Waals surface area contributed by atoms with Gasteiger partial charge in [0.1, 0.15) is 18.1 Å². The number of unbranched alkanes of at least 4 members (excludes halogenated alkanes) is 5. The Labute approximate surface area is 207 Å². The largest absolute Gasteiger partial charge is 0.487 e. The molecule has 0 fully saturated rings. The number of hydrogen-bond acceptors (Lipinski definition) is 5. The number of hydrazone groups is 1. The maximum atomic E-state index is 5.83. The van der Waals surface area contributed by atoms with E-state index in [-0.39, 0.29) is 0 Å². The molecule has 1 aromatic heterocycles. The lowest BCUT2D eigenvalue weighted by atomic mass is 10.1. The molecule has 0 saturated heterocycles. The molecule has 0 spiro atoms. The highest BCUT2D eigenvalue weighted by molar-refractivity contribution is 7.80. The SMILES string of the molecule is CCCCCCCCNC(=S)N/N=C\c1ccc(OCc2cn(Cc3ccccc3)nn2)cc1. The first kappa shape index (κ1) is 25.4. The van der Waals surface area contributed by atoms with Crippen LogP contribution in [0.1, 0.15) is 62.3 Å². The highest BCUT2D eigenvalue weighted by atomic mass is 32.1. The van der Waals surface area contributed by atoms with E-state index >= 15 is 0 Å². The van der Waals surface area contributed by atoms with Gasteiger partial charge in [0.15, 0.2) is 5.11 Å². The van der Waals surface area contributed by atoms with E-state index in [9.17, 15) is 0 Å². The number of aromatic nitrogens is 3. The lowest BCUT2D eigenvalue weighted by molar-refractivity contribution is 0.301. The molecule has 0 aliphatic heterocycles. The predicted molar refractivity (Wildman–Crippen MR) is 141 cm³/mol. The van der Waals surface area contributed by atoms with Crippen molar-refractivity contribution in [2.24, 2.45) is 5.10 Å². The van der Waals surface area contributed by atoms with Gasteiger partial charge in [-0.2, -0.15) is 5.10 Å². The summed E-state index contributed by atoms with van der Waals surface area (Å²) in [7, 11) is 0. The van der Waals surface area contributed by atoms with Crippen LogP contribution in [0.4, 0.5) is 0 Å². The van der Waals surface area contributed by atoms with Crippen LogP contribution < -0.4 is 15.5 Å². The van der Waals surface area contributed by atoms with Crippen LogP contribution in [0, 0.1) is 0 Å². The molecule has 0 aliphatic carbocycles. The van der Waals surface area contributed by atoms with Crippen LogP contribution in [-0.4, -0.2) is 32.9 Å². The molecule has 0 unspecified atom stereocenters. The Balaban J connectivity index is 1.32. The molecule has 0 radical (unpaired) electrons. The van der Waals surface area contributed by atoms with E-state index in [0.29, 0.717) is 18.3 Å². The zero-order valence-corrected chi connectivity index (χ0v) is 20.6. The average molecular weight is 479 g/mol. The third kappa shape index (κ3) is 9.70. The maximum Gasteiger partial charge on any atom is 0.186 e. The molecular weight excluding hydrogens is 444 g/mol. The lowest BCUT2D eigenvalue weighted by Crippen LogP contribution is -2.32. The Morgan fingerprint density at radius 1 is 1.03 bits per heavy atom. The first-order valence-corrected chi connectivity index (χ1v) is 12.4. The molecule has 2 aromatic carbocycles. The van der Waals surface area contributed by atoms with Gasteiger partial charge in [-0.05, 0) is 54.0 Å². The van der Waals surface area contributed by atoms with E-state index < -0.39 is 0 Å². The maximum absolute atomic E-state index is 5.83. The summed E-state index contributed by atoms with van der Waals surface area (Å²) in [6.45, 7) is 4.16. The zero-order chi connectivity index (χ0) is 23.8. The van der Waals surface area contributed by atoms with Crippen molar-refractivity contribution in [1.29, 1.82) is 0 Å². The van der Waals surface area contributed by atoms with E-state index in [1.807, 2.05) is 53.3 Å². The molecule has 0 bridgehead atoms. The number of nitrogens with one attached hydrogen (secondary N) is 2. The summed E-state index contributed by atoms with van der Waals surface area (Å²) in [4.78, 5) is 0. The van der Waals surface area contributed by atoms with Gasteiger partial charge in [0.05, 0.1) is 19.0 Å². The van der Waals surface area contributed by atoms with E-state index in [0.717, 1.165) is 30.0 Å². The minimum absolute atomic E-state index is 0.363. The number of hydrogen-bond donors (Lipinski definition) is 2. The fraction of sp³-hybridized carbons (Fsp3) is 0.385. The normalized spacial score (nSPS) is 11.0. The predicted octanol–water partition coefficient (Wildman–Crippen LogP) is 5.06. The molecule has 2 N–H and O–H groups in total. The summed E-state index contributed by atoms with van der Waals surface area (Å²) >= 11 is 5.26. The third-order valence-electron chi connectivity index (χ3n) is 5.24. The molecule has 0 amide bonds. The second-order valence-corrected chi connectivity index (χ2v) is 8.55. The van der Waals surface area contributed by atoms with Crippen molar-refractivity contribution in [1.82, 2.24) is 25.7 Å². The Kier molecular flexibility index (Phi) is 11.0. The Morgan fingerprint density at radius 3 is 2.59 bits per heavy atom. The van der Waals surface area contributed by atoms with Gasteiger partial charge in [-0.1, -0.05) is 74.6 Å². The molecule has 0 aliphatic rings. The van der Waals surface area contributed by atoms with Gasteiger partial charge >= 0.3 is 0 Å². The molecule has 3 aromatic rings. The Bertz CT molecular complexity index is 1000. The van der Waals surface area contributed by atoms with Crippen LogP contribution >= 0.6 is 12.2 Å². The van der Waals surface area contributed by atoms with E-state index in [1.165, 1.54) is 37.7 Å². The van der Waals surface area contributed by atoms with Crippen molar-refractivity contribution in [3.05, 3.63) is 77.6 Å². The van der Waals surface area contributed by atoms with Gasteiger partial charge in [-0.15, -0.1) is 5.10 Å². The quantitative estimate of drug-likeness (QED) is 0.146. The molecule has 34 heavy (non-hydrogen) atoms. The number of rotatable bonds is 14. The summed E-state index contributed by atoms with van der Waals surface area (Å²) < 4.78 is 7.65. The summed E-state index contributed by atoms with van der Waals surface area (Å²) in [5, 5.41) is 16.3. The summed E-state index contributed by atoms with van der Waals surface area (Å²) in [5.74, 6) is 0.763. The van der Waals surface area contributed by atoms with Crippen molar-refractivity contribution >= 4 is 23.5 Å². The Hall–Kier alpha value is -3.26. The van der Waals surface area contributed by atoms with Crippen molar-refractivity contribution in [2.75, 3.05) is 6.54 Å². The number of benzene rings is 2. The van der Waals surface area contributed by atoms with Crippen LogP contribution in [0.3, 0.4) is 0 Å². The molecule has 0 saturated carbocycles. The molecule has 1 heterocycles. The van der Waals surface area contributed by atoms with Crippen LogP contribution in [0.2, 0.25) is 0 Å². The minimum atomic E-state index is 0.363. The molecule has 3 rings (SSSR count). The van der Waals surface area contributed by atoms with E-state index in [1.54, 1.807) is 6.21 Å². The minimum Gasteiger partial charge on any atom is -0.487 e. The first-order chi connectivity index (χ1) is 16.7. The van der Waals surface area contributed by atoms with Crippen LogP contribution in [0.5, 0.6) is 5.75 Å². The summed E-state index contributed by atoms with van der Waals surface area (Å²) in [5.41, 5.74) is 5.78. The van der Waals surface area contributed by atoms with Crippen molar-refractivity contribution in [3.63, 3.8) is 0 Å². The molecule has 8 heteroatoms. The number of ether oxygens (including phenoxy) is 1. The van der Waals surface area contributed by atoms with E-state index in [2.05, 4.69) is 45.2 Å². The van der Waals surface area contributed by atoms with Crippen molar-refractivity contribution < 1.29 is 4.74 Å². The first-order valence-electron chi connectivity index (χ1n) is 12.0. The lowest BCUT2D eigenvalue weighted by Gasteiger charge is -2.07. The second kappa shape index (κ2) is 14.8. The fourth-order valence-electron chi connectivity index (χ4n) is 3.37. The topological polar surface area (TPSA) is 76.4 Å². The molecule has 7 nitrogen and oxygen atoms in total. The van der Waals surface area contributed by atoms with Crippen molar-refractivity contribution in [3.8, 4) is 5.75 Å². The van der Waals surface area contributed by atoms with Gasteiger partial charge in [0.25, 0.3) is 0 Å². The zero-order valence-electron chi connectivity index (χ0n) is 19.8. The van der Waals surface area contributed by atoms with Crippen LogP contribution in [0.15, 0.2) is 65.9 Å². The highest BCUT2D eigenvalue weighted by Gasteiger charge is 2.03. The van der Waals surface area contributed by atoms with Gasteiger partial charge in [0.2, 0.25) is 0 Å². The smallest absolute Gasteiger partial charge is 0.186 e. The van der Waals surface area contributed by atoms with Crippen LogP contribution in [-0.2, 0) is 13.2 Å².